The Kier molecular flexibility index (Phi) is 6.61. The fraction of sp³-hybridized carbons (Fsp3) is 0.833. The normalized spacial score (nSPS) is 21.8. The van der Waals surface area contributed by atoms with Crippen LogP contribution in [0, 0.1) is 0 Å². The molecule has 20 heavy (non-hydrogen) atoms. The van der Waals surface area contributed by atoms with E-state index in [2.05, 4.69) is 25.9 Å². The summed E-state index contributed by atoms with van der Waals surface area (Å²) in [7, 11) is 0. The van der Waals surface area contributed by atoms with Crippen molar-refractivity contribution in [3.8, 4) is 5.88 Å². The van der Waals surface area contributed by atoms with Crippen LogP contribution in [0.15, 0.2) is 6.20 Å². The molecule has 0 spiro atoms. The molecule has 114 valence electrons. The van der Waals surface area contributed by atoms with Crippen LogP contribution < -0.4 is 10.1 Å². The molecule has 2 rings (SSSR count). The molecule has 1 saturated heterocycles. The Hall–Kier alpha value is -0.800. The lowest BCUT2D eigenvalue weighted by Crippen LogP contribution is -2.47. The van der Waals surface area contributed by atoms with E-state index in [9.17, 15) is 5.11 Å². The molecule has 0 amide bonds. The van der Waals surface area contributed by atoms with Crippen molar-refractivity contribution >= 4 is 11.7 Å². The van der Waals surface area contributed by atoms with Crippen LogP contribution in [0.3, 0.4) is 0 Å². The zero-order valence-corrected chi connectivity index (χ0v) is 12.5. The number of hydrogen-bond acceptors (Lipinski definition) is 8. The maximum atomic E-state index is 9.79. The number of aliphatic hydroxyl groups excluding tert-OH is 1. The van der Waals surface area contributed by atoms with Gasteiger partial charge in [0, 0.05) is 26.2 Å². The molecule has 0 aromatic carbocycles. The molecule has 1 aromatic rings. The second kappa shape index (κ2) is 8.48. The zero-order chi connectivity index (χ0) is 14.2. The molecule has 2 atom stereocenters. The molecule has 7 nitrogen and oxygen atoms in total. The molecule has 8 heteroatoms. The summed E-state index contributed by atoms with van der Waals surface area (Å²) >= 11 is 1.09. The van der Waals surface area contributed by atoms with Crippen LogP contribution in [0.25, 0.3) is 0 Å². The lowest BCUT2D eigenvalue weighted by Gasteiger charge is -2.32. The summed E-state index contributed by atoms with van der Waals surface area (Å²) in [5.41, 5.74) is 0. The van der Waals surface area contributed by atoms with E-state index in [1.54, 1.807) is 6.20 Å². The average molecular weight is 302 g/mol. The number of hydrogen-bond donors (Lipinski definition) is 2. The highest BCUT2D eigenvalue weighted by Gasteiger charge is 2.19. The highest BCUT2D eigenvalue weighted by molar-refractivity contribution is 6.99. The Bertz CT molecular complexity index is 366. The first-order valence-electron chi connectivity index (χ1n) is 6.91. The Balaban J connectivity index is 1.55. The number of aliphatic hydroxyl groups is 1. The Morgan fingerprint density at radius 3 is 3.35 bits per heavy atom. The number of nitrogens with zero attached hydrogens (tertiary/aromatic N) is 3. The molecule has 2 unspecified atom stereocenters. The molecule has 0 aliphatic carbocycles. The second-order valence-electron chi connectivity index (χ2n) is 4.75. The van der Waals surface area contributed by atoms with Crippen LogP contribution >= 0.6 is 11.7 Å². The van der Waals surface area contributed by atoms with Crippen molar-refractivity contribution in [2.75, 3.05) is 45.9 Å². The molecular formula is C12H22N4O3S. The van der Waals surface area contributed by atoms with Gasteiger partial charge in [0.1, 0.15) is 18.9 Å². The molecule has 2 N–H and O–H groups in total. The highest BCUT2D eigenvalue weighted by Crippen LogP contribution is 2.05. The number of ether oxygens (including phenoxy) is 2. The number of rotatable bonds is 8. The number of likely N-dealkylation sites (N-methyl/N-ethyl adjacent to an activating group) is 1. The predicted octanol–water partition coefficient (Wildman–Crippen LogP) is -0.412. The fourth-order valence-electron chi connectivity index (χ4n) is 2.06. The van der Waals surface area contributed by atoms with Crippen molar-refractivity contribution in [1.82, 2.24) is 19.0 Å². The number of aromatic nitrogens is 2. The third-order valence-electron chi connectivity index (χ3n) is 3.19. The zero-order valence-electron chi connectivity index (χ0n) is 11.7. The van der Waals surface area contributed by atoms with E-state index >= 15 is 0 Å². The summed E-state index contributed by atoms with van der Waals surface area (Å²) in [5.74, 6) is 0.461. The van der Waals surface area contributed by atoms with Crippen molar-refractivity contribution in [3.63, 3.8) is 0 Å². The van der Waals surface area contributed by atoms with Crippen LogP contribution in [0.2, 0.25) is 0 Å². The summed E-state index contributed by atoms with van der Waals surface area (Å²) in [5, 5.41) is 13.0. The SMILES string of the molecule is CCN1CCOC(CNCC(O)COc2cnsn2)C1. The van der Waals surface area contributed by atoms with Gasteiger partial charge in [0.25, 0.3) is 0 Å². The minimum atomic E-state index is -0.567. The van der Waals surface area contributed by atoms with Crippen LogP contribution in [-0.2, 0) is 4.74 Å². The van der Waals surface area contributed by atoms with E-state index in [1.807, 2.05) is 0 Å². The van der Waals surface area contributed by atoms with Gasteiger partial charge in [-0.1, -0.05) is 6.92 Å². The van der Waals surface area contributed by atoms with Gasteiger partial charge in [0.05, 0.1) is 24.4 Å². The lowest BCUT2D eigenvalue weighted by molar-refractivity contribution is -0.0266. The molecular weight excluding hydrogens is 280 g/mol. The summed E-state index contributed by atoms with van der Waals surface area (Å²) in [4.78, 5) is 2.37. The van der Waals surface area contributed by atoms with Crippen molar-refractivity contribution in [1.29, 1.82) is 0 Å². The minimum absolute atomic E-state index is 0.194. The van der Waals surface area contributed by atoms with E-state index in [1.165, 1.54) is 0 Å². The highest BCUT2D eigenvalue weighted by atomic mass is 32.1. The molecule has 1 aliphatic heterocycles. The first-order valence-corrected chi connectivity index (χ1v) is 7.64. The minimum Gasteiger partial charge on any atom is -0.473 e. The maximum absolute atomic E-state index is 9.79. The van der Waals surface area contributed by atoms with Crippen molar-refractivity contribution in [2.24, 2.45) is 0 Å². The topological polar surface area (TPSA) is 79.7 Å². The van der Waals surface area contributed by atoms with E-state index in [4.69, 9.17) is 9.47 Å². The lowest BCUT2D eigenvalue weighted by atomic mass is 10.2. The molecule has 0 bridgehead atoms. The summed E-state index contributed by atoms with van der Waals surface area (Å²) < 4.78 is 18.7. The third kappa shape index (κ3) is 5.29. The first-order chi connectivity index (χ1) is 9.78. The van der Waals surface area contributed by atoms with Crippen LogP contribution in [0.5, 0.6) is 5.88 Å². The molecule has 1 fully saturated rings. The fourth-order valence-corrected chi connectivity index (χ4v) is 2.43. The smallest absolute Gasteiger partial charge is 0.245 e. The van der Waals surface area contributed by atoms with Gasteiger partial charge in [-0.15, -0.1) is 4.37 Å². The van der Waals surface area contributed by atoms with Gasteiger partial charge >= 0.3 is 0 Å². The first kappa shape index (κ1) is 15.6. The molecule has 0 radical (unpaired) electrons. The third-order valence-corrected chi connectivity index (χ3v) is 3.65. The van der Waals surface area contributed by atoms with Crippen molar-refractivity contribution in [3.05, 3.63) is 6.20 Å². The van der Waals surface area contributed by atoms with Crippen LogP contribution in [-0.4, -0.2) is 76.9 Å². The van der Waals surface area contributed by atoms with Crippen LogP contribution in [0.1, 0.15) is 6.92 Å². The van der Waals surface area contributed by atoms with Gasteiger partial charge < -0.3 is 19.9 Å². The molecule has 1 aliphatic rings. The summed E-state index contributed by atoms with van der Waals surface area (Å²) in [6.07, 6.45) is 1.17. The number of morpholine rings is 1. The quantitative estimate of drug-likeness (QED) is 0.675. The van der Waals surface area contributed by atoms with Gasteiger partial charge in [-0.05, 0) is 6.54 Å². The average Bonchev–Trinajstić information content (AvgIpc) is 2.99. The monoisotopic (exact) mass is 302 g/mol. The van der Waals surface area contributed by atoms with Gasteiger partial charge in [0.15, 0.2) is 0 Å². The molecule has 0 saturated carbocycles. The van der Waals surface area contributed by atoms with Gasteiger partial charge in [-0.3, -0.25) is 4.90 Å². The Labute approximate surface area is 123 Å². The molecule has 2 heterocycles. The Morgan fingerprint density at radius 2 is 2.60 bits per heavy atom. The Morgan fingerprint density at radius 1 is 1.70 bits per heavy atom. The summed E-state index contributed by atoms with van der Waals surface area (Å²) in [6.45, 7) is 7.37. The second-order valence-corrected chi connectivity index (χ2v) is 5.31. The van der Waals surface area contributed by atoms with Gasteiger partial charge in [-0.25, -0.2) is 0 Å². The predicted molar refractivity (Wildman–Crippen MR) is 76.1 cm³/mol. The molecule has 1 aromatic heterocycles. The number of nitrogens with one attached hydrogen (secondary N) is 1. The van der Waals surface area contributed by atoms with E-state index in [0.717, 1.165) is 44.5 Å². The van der Waals surface area contributed by atoms with Crippen LogP contribution in [0.4, 0.5) is 0 Å². The van der Waals surface area contributed by atoms with E-state index in [-0.39, 0.29) is 12.7 Å². The largest absolute Gasteiger partial charge is 0.473 e. The van der Waals surface area contributed by atoms with E-state index in [0.29, 0.717) is 12.4 Å². The van der Waals surface area contributed by atoms with Crippen molar-refractivity contribution < 1.29 is 14.6 Å². The van der Waals surface area contributed by atoms with E-state index < -0.39 is 6.10 Å². The van der Waals surface area contributed by atoms with Gasteiger partial charge in [0.2, 0.25) is 5.88 Å². The standard InChI is InChI=1S/C12H22N4O3S/c1-2-16-3-4-18-11(8-16)6-13-5-10(17)9-19-12-7-14-20-15-12/h7,10-11,13,17H,2-6,8-9H2,1H3. The van der Waals surface area contributed by atoms with Crippen molar-refractivity contribution in [2.45, 2.75) is 19.1 Å². The summed E-state index contributed by atoms with van der Waals surface area (Å²) in [6, 6.07) is 0. The maximum Gasteiger partial charge on any atom is 0.245 e. The van der Waals surface area contributed by atoms with Gasteiger partial charge in [-0.2, -0.15) is 4.37 Å².